The van der Waals surface area contributed by atoms with Crippen LogP contribution in [0.4, 0.5) is 0 Å². The van der Waals surface area contributed by atoms with Gasteiger partial charge in [-0.1, -0.05) is 0 Å². The van der Waals surface area contributed by atoms with Gasteiger partial charge in [0.25, 0.3) is 5.91 Å². The Labute approximate surface area is 88.2 Å². The SMILES string of the molecule is O=C(c1ccco1)N1CC2CNCCC21. The van der Waals surface area contributed by atoms with Gasteiger partial charge in [0.1, 0.15) is 0 Å². The molecule has 0 aliphatic carbocycles. The van der Waals surface area contributed by atoms with Crippen molar-refractivity contribution in [3.05, 3.63) is 24.2 Å². The third-order valence-electron chi connectivity index (χ3n) is 3.39. The number of carbonyl (C=O) groups excluding carboxylic acids is 1. The van der Waals surface area contributed by atoms with Gasteiger partial charge in [-0.3, -0.25) is 4.79 Å². The zero-order valence-electron chi connectivity index (χ0n) is 8.48. The normalized spacial score (nSPS) is 29.5. The number of hydrogen-bond donors (Lipinski definition) is 1. The number of likely N-dealkylation sites (tertiary alicyclic amines) is 1. The predicted molar refractivity (Wildman–Crippen MR) is 54.5 cm³/mol. The number of fused-ring (bicyclic) bond motifs is 1. The van der Waals surface area contributed by atoms with Crippen LogP contribution in [0.25, 0.3) is 0 Å². The molecule has 0 spiro atoms. The fourth-order valence-electron chi connectivity index (χ4n) is 2.53. The van der Waals surface area contributed by atoms with Crippen molar-refractivity contribution in [2.75, 3.05) is 19.6 Å². The molecule has 1 aromatic rings. The van der Waals surface area contributed by atoms with E-state index in [2.05, 4.69) is 5.32 Å². The zero-order chi connectivity index (χ0) is 10.3. The minimum atomic E-state index is 0.0446. The molecule has 0 bridgehead atoms. The summed E-state index contributed by atoms with van der Waals surface area (Å²) in [5, 5.41) is 3.35. The van der Waals surface area contributed by atoms with Gasteiger partial charge in [-0.15, -0.1) is 0 Å². The highest BCUT2D eigenvalue weighted by Gasteiger charge is 2.43. The van der Waals surface area contributed by atoms with Gasteiger partial charge in [-0.05, 0) is 25.1 Å². The first-order chi connectivity index (χ1) is 7.36. The molecule has 15 heavy (non-hydrogen) atoms. The largest absolute Gasteiger partial charge is 0.459 e. The van der Waals surface area contributed by atoms with E-state index in [1.165, 1.54) is 0 Å². The van der Waals surface area contributed by atoms with E-state index >= 15 is 0 Å². The van der Waals surface area contributed by atoms with Gasteiger partial charge in [0.15, 0.2) is 5.76 Å². The van der Waals surface area contributed by atoms with Gasteiger partial charge in [0, 0.05) is 25.0 Å². The van der Waals surface area contributed by atoms with Crippen LogP contribution in [0.1, 0.15) is 17.0 Å². The van der Waals surface area contributed by atoms with E-state index in [4.69, 9.17) is 4.42 Å². The summed E-state index contributed by atoms with van der Waals surface area (Å²) in [6, 6.07) is 3.92. The van der Waals surface area contributed by atoms with Gasteiger partial charge in [-0.25, -0.2) is 0 Å². The molecule has 4 nitrogen and oxygen atoms in total. The molecule has 80 valence electrons. The average molecular weight is 206 g/mol. The van der Waals surface area contributed by atoms with Gasteiger partial charge in [0.05, 0.1) is 6.26 Å². The van der Waals surface area contributed by atoms with Crippen LogP contribution in [-0.2, 0) is 0 Å². The number of rotatable bonds is 1. The minimum Gasteiger partial charge on any atom is -0.459 e. The fraction of sp³-hybridized carbons (Fsp3) is 0.545. The van der Waals surface area contributed by atoms with Crippen molar-refractivity contribution in [3.8, 4) is 0 Å². The van der Waals surface area contributed by atoms with E-state index in [9.17, 15) is 4.79 Å². The van der Waals surface area contributed by atoms with E-state index in [1.807, 2.05) is 4.90 Å². The number of amides is 1. The number of nitrogens with zero attached hydrogens (tertiary/aromatic N) is 1. The van der Waals surface area contributed by atoms with Gasteiger partial charge >= 0.3 is 0 Å². The second kappa shape index (κ2) is 3.38. The molecule has 3 heterocycles. The summed E-state index contributed by atoms with van der Waals surface area (Å²) in [4.78, 5) is 13.9. The molecule has 0 aromatic carbocycles. The van der Waals surface area contributed by atoms with Gasteiger partial charge in [0.2, 0.25) is 0 Å². The Balaban J connectivity index is 1.72. The molecule has 2 atom stereocenters. The minimum absolute atomic E-state index is 0.0446. The Bertz CT molecular complexity index is 361. The summed E-state index contributed by atoms with van der Waals surface area (Å²) in [7, 11) is 0. The lowest BCUT2D eigenvalue weighted by Gasteiger charge is -2.50. The van der Waals surface area contributed by atoms with Crippen LogP contribution in [0.5, 0.6) is 0 Å². The van der Waals surface area contributed by atoms with Crippen molar-refractivity contribution in [1.29, 1.82) is 0 Å². The third-order valence-corrected chi connectivity index (χ3v) is 3.39. The smallest absolute Gasteiger partial charge is 0.289 e. The molecule has 2 fully saturated rings. The van der Waals surface area contributed by atoms with Crippen molar-refractivity contribution in [1.82, 2.24) is 10.2 Å². The summed E-state index contributed by atoms with van der Waals surface area (Å²) < 4.78 is 5.13. The molecule has 0 radical (unpaired) electrons. The van der Waals surface area contributed by atoms with Crippen molar-refractivity contribution in [3.63, 3.8) is 0 Å². The quantitative estimate of drug-likeness (QED) is 0.736. The fourth-order valence-corrected chi connectivity index (χ4v) is 2.53. The number of carbonyl (C=O) groups is 1. The molecule has 1 amide bonds. The van der Waals surface area contributed by atoms with Crippen LogP contribution in [0.3, 0.4) is 0 Å². The van der Waals surface area contributed by atoms with Crippen LogP contribution >= 0.6 is 0 Å². The van der Waals surface area contributed by atoms with Crippen LogP contribution < -0.4 is 5.32 Å². The zero-order valence-corrected chi connectivity index (χ0v) is 8.48. The Morgan fingerprint density at radius 2 is 2.53 bits per heavy atom. The van der Waals surface area contributed by atoms with E-state index < -0.39 is 0 Å². The van der Waals surface area contributed by atoms with E-state index in [0.29, 0.717) is 17.7 Å². The van der Waals surface area contributed by atoms with Crippen molar-refractivity contribution >= 4 is 5.91 Å². The molecule has 1 aromatic heterocycles. The third kappa shape index (κ3) is 1.36. The van der Waals surface area contributed by atoms with Crippen LogP contribution in [0.2, 0.25) is 0 Å². The summed E-state index contributed by atoms with van der Waals surface area (Å²) in [5.41, 5.74) is 0. The average Bonchev–Trinajstić information content (AvgIpc) is 2.72. The van der Waals surface area contributed by atoms with E-state index in [1.54, 1.807) is 18.4 Å². The lowest BCUT2D eigenvalue weighted by Crippen LogP contribution is -2.64. The first kappa shape index (κ1) is 8.97. The first-order valence-electron chi connectivity index (χ1n) is 5.41. The van der Waals surface area contributed by atoms with Crippen LogP contribution in [-0.4, -0.2) is 36.5 Å². The summed E-state index contributed by atoms with van der Waals surface area (Å²) in [6.07, 6.45) is 2.62. The molecule has 1 N–H and O–H groups in total. The van der Waals surface area contributed by atoms with Crippen molar-refractivity contribution < 1.29 is 9.21 Å². The lowest BCUT2D eigenvalue weighted by atomic mass is 9.83. The molecular formula is C11H14N2O2. The van der Waals surface area contributed by atoms with Crippen molar-refractivity contribution in [2.24, 2.45) is 5.92 Å². The maximum Gasteiger partial charge on any atom is 0.289 e. The Kier molecular flexibility index (Phi) is 2.02. The summed E-state index contributed by atoms with van der Waals surface area (Å²) >= 11 is 0. The molecular weight excluding hydrogens is 192 g/mol. The van der Waals surface area contributed by atoms with Gasteiger partial charge in [-0.2, -0.15) is 0 Å². The highest BCUT2D eigenvalue weighted by molar-refractivity contribution is 5.92. The second-order valence-electron chi connectivity index (χ2n) is 4.26. The Hall–Kier alpha value is -1.29. The highest BCUT2D eigenvalue weighted by Crippen LogP contribution is 2.30. The lowest BCUT2D eigenvalue weighted by molar-refractivity contribution is 0.0000966. The molecule has 0 saturated carbocycles. The molecule has 2 unspecified atom stereocenters. The molecule has 3 rings (SSSR count). The van der Waals surface area contributed by atoms with Crippen LogP contribution in [0.15, 0.2) is 22.8 Å². The topological polar surface area (TPSA) is 45.5 Å². The standard InChI is InChI=1S/C11H14N2O2/c14-11(10-2-1-5-15-10)13-7-8-6-12-4-3-9(8)13/h1-2,5,8-9,12H,3-4,6-7H2. The molecule has 2 aliphatic heterocycles. The number of hydrogen-bond acceptors (Lipinski definition) is 3. The highest BCUT2D eigenvalue weighted by atomic mass is 16.3. The maximum atomic E-state index is 12.0. The summed E-state index contributed by atoms with van der Waals surface area (Å²) in [6.45, 7) is 2.94. The Morgan fingerprint density at radius 3 is 3.27 bits per heavy atom. The van der Waals surface area contributed by atoms with Crippen molar-refractivity contribution in [2.45, 2.75) is 12.5 Å². The maximum absolute atomic E-state index is 12.0. The molecule has 2 saturated heterocycles. The second-order valence-corrected chi connectivity index (χ2v) is 4.26. The number of piperidine rings is 1. The van der Waals surface area contributed by atoms with Gasteiger partial charge < -0.3 is 14.6 Å². The first-order valence-corrected chi connectivity index (χ1v) is 5.41. The number of nitrogens with one attached hydrogen (secondary N) is 1. The number of furan rings is 1. The van der Waals surface area contributed by atoms with E-state index in [-0.39, 0.29) is 5.91 Å². The summed E-state index contributed by atoms with van der Waals surface area (Å²) in [5.74, 6) is 1.16. The molecule has 2 aliphatic rings. The molecule has 4 heteroatoms. The predicted octanol–water partition coefficient (Wildman–Crippen LogP) is 0.714. The monoisotopic (exact) mass is 206 g/mol. The van der Waals surface area contributed by atoms with Crippen LogP contribution in [0, 0.1) is 5.92 Å². The Morgan fingerprint density at radius 1 is 1.60 bits per heavy atom. The van der Waals surface area contributed by atoms with E-state index in [0.717, 1.165) is 26.1 Å².